The number of hydrogen-bond acceptors (Lipinski definition) is 18. The van der Waals surface area contributed by atoms with E-state index in [-0.39, 0.29) is 64.6 Å². The Hall–Kier alpha value is -16.5. The number of carbonyl (C=O) groups is 5. The number of pyridine rings is 1. The molecular formula is C108H94ClFN22O7. The lowest BCUT2D eigenvalue weighted by Gasteiger charge is -2.14. The van der Waals surface area contributed by atoms with Crippen LogP contribution in [0.3, 0.4) is 0 Å². The Kier molecular flexibility index (Phi) is 23.2. The zero-order chi connectivity index (χ0) is 96.0. The number of amides is 5. The molecule has 0 bridgehead atoms. The van der Waals surface area contributed by atoms with Crippen molar-refractivity contribution in [2.75, 3.05) is 0 Å². The van der Waals surface area contributed by atoms with E-state index in [1.807, 2.05) is 119 Å². The number of fused-ring (bicyclic) bond motifs is 15. The molecule has 5 saturated carbocycles. The Morgan fingerprint density at radius 1 is 0.345 bits per heavy atom. The predicted octanol–water partition coefficient (Wildman–Crippen LogP) is 18.3. The maximum Gasteiger partial charge on any atom is 0.278 e. The first-order valence-corrected chi connectivity index (χ1v) is 46.9. The van der Waals surface area contributed by atoms with E-state index < -0.39 is 40.5 Å². The molecule has 5 amide bonds. The van der Waals surface area contributed by atoms with Gasteiger partial charge in [-0.25, -0.2) is 29.3 Å². The summed E-state index contributed by atoms with van der Waals surface area (Å²) in [7, 11) is 0. The Labute approximate surface area is 802 Å². The highest BCUT2D eigenvalue weighted by molar-refractivity contribution is 6.36. The molecular weight excluding hydrogens is 1770 g/mol. The number of aromatic nitrogens is 11. The fourth-order valence-electron chi connectivity index (χ4n) is 19.5. The van der Waals surface area contributed by atoms with E-state index in [4.69, 9.17) is 65.2 Å². The van der Waals surface area contributed by atoms with Gasteiger partial charge in [0.15, 0.2) is 28.5 Å². The van der Waals surface area contributed by atoms with Crippen LogP contribution >= 0.6 is 11.6 Å². The minimum atomic E-state index is -0.626. The van der Waals surface area contributed by atoms with Crippen molar-refractivity contribution in [1.82, 2.24) is 52.7 Å². The Balaban J connectivity index is 0.000000103. The number of nitro groups is 1. The second-order valence-electron chi connectivity index (χ2n) is 36.5. The SMILES string of the molecule is C[C@@H]1N=C(c2ccccc2Cl)c2cc(C3CC3)ccc2-n2cnc(C(N)=O)c21.C[C@@H]1N=C(c2ccccc2F)c2cc(C3CC3)ccc2-n2cnc(C(N)=O)c21.C[C@H]1N=C(c2ccccc2)c2cc(C3CC3)ccc2-n2cnc(C(N)=O)c21.C[C@H]1N=C(c2ccccn2)c2cc(C3CC3)ccc2-n2cnc(C(N)=O)c21.NC(=O)c1ncn2c1CN=C(c1ccccc1[N+](=O)[O-])c1cc(C3CC3)ccc1-2. The third-order valence-corrected chi connectivity index (χ3v) is 27.3. The van der Waals surface area contributed by atoms with E-state index in [0.29, 0.717) is 79.9 Å². The molecule has 0 radical (unpaired) electrons. The number of benzene rings is 9. The summed E-state index contributed by atoms with van der Waals surface area (Å²) >= 11 is 6.53. The Morgan fingerprint density at radius 2 is 0.669 bits per heavy atom. The lowest BCUT2D eigenvalue weighted by molar-refractivity contribution is -0.385. The third kappa shape index (κ3) is 17.1. The molecule has 31 heteroatoms. The first-order valence-electron chi connectivity index (χ1n) is 46.5. The van der Waals surface area contributed by atoms with Crippen LogP contribution in [0.4, 0.5) is 10.1 Å². The van der Waals surface area contributed by atoms with Crippen LogP contribution in [0, 0.1) is 15.9 Å². The molecule has 15 aromatic rings. The van der Waals surface area contributed by atoms with Gasteiger partial charge in [-0.3, -0.25) is 86.9 Å². The molecule has 6 aromatic heterocycles. The minimum absolute atomic E-state index is 0.00569. The van der Waals surface area contributed by atoms with Gasteiger partial charge in [-0.2, -0.15) is 0 Å². The second-order valence-corrected chi connectivity index (χ2v) is 36.9. The summed E-state index contributed by atoms with van der Waals surface area (Å²) in [6, 6.07) is 67.5. The van der Waals surface area contributed by atoms with Crippen molar-refractivity contribution in [2.45, 2.75) is 152 Å². The van der Waals surface area contributed by atoms with Crippen LogP contribution < -0.4 is 28.7 Å². The second kappa shape index (κ2) is 36.3. The van der Waals surface area contributed by atoms with E-state index >= 15 is 0 Å². The topological polar surface area (TPSA) is 422 Å². The summed E-state index contributed by atoms with van der Waals surface area (Å²) in [5.41, 5.74) is 55.2. The maximum atomic E-state index is 14.7. The van der Waals surface area contributed by atoms with Gasteiger partial charge in [0.05, 0.1) is 132 Å². The molecule has 25 rings (SSSR count). The Bertz CT molecular complexity index is 7390. The number of halogens is 2. The van der Waals surface area contributed by atoms with Crippen molar-refractivity contribution in [1.29, 1.82) is 0 Å². The minimum Gasteiger partial charge on any atom is -0.364 e. The number of nitrogens with two attached hydrogens (primary N) is 5. The fourth-order valence-corrected chi connectivity index (χ4v) is 19.7. The quantitative estimate of drug-likeness (QED) is 0.0444. The zero-order valence-corrected chi connectivity index (χ0v) is 77.0. The molecule has 0 spiro atoms. The number of nitro benzene ring substituents is 1. The van der Waals surface area contributed by atoms with Crippen LogP contribution in [0.15, 0.2) is 275 Å². The van der Waals surface area contributed by atoms with Gasteiger partial charge in [-0.1, -0.05) is 121 Å². The van der Waals surface area contributed by atoms with Gasteiger partial charge < -0.3 is 28.7 Å². The van der Waals surface area contributed by atoms with E-state index in [2.05, 4.69) is 121 Å². The van der Waals surface area contributed by atoms with Crippen LogP contribution in [0.1, 0.15) is 310 Å². The number of para-hydroxylation sites is 1. The number of aliphatic imine (C=N–C) groups is 5. The molecule has 11 heterocycles. The summed E-state index contributed by atoms with van der Waals surface area (Å²) in [4.78, 5) is 121. The number of carbonyl (C=O) groups excluding carboxylic acids is 5. The average Bonchev–Trinajstić information content (AvgIpc) is 1.59. The van der Waals surface area contributed by atoms with Crippen LogP contribution in [0.2, 0.25) is 5.02 Å². The van der Waals surface area contributed by atoms with E-state index in [1.165, 1.54) is 91.3 Å². The van der Waals surface area contributed by atoms with E-state index in [0.717, 1.165) is 109 Å². The number of rotatable bonds is 16. The molecule has 5 aliphatic heterocycles. The summed E-state index contributed by atoms with van der Waals surface area (Å²) in [5.74, 6) is -0.198. The van der Waals surface area contributed by atoms with Gasteiger partial charge in [0, 0.05) is 61.8 Å². The normalized spacial score (nSPS) is 17.5. The fraction of sp³-hybridized carbons (Fsp3) is 0.222. The van der Waals surface area contributed by atoms with Gasteiger partial charge in [0.2, 0.25) is 0 Å². The maximum absolute atomic E-state index is 14.7. The largest absolute Gasteiger partial charge is 0.364 e. The smallest absolute Gasteiger partial charge is 0.278 e. The van der Waals surface area contributed by atoms with Crippen molar-refractivity contribution < 1.29 is 33.3 Å². The first kappa shape index (κ1) is 89.1. The van der Waals surface area contributed by atoms with Crippen molar-refractivity contribution in [3.05, 3.63) is 412 Å². The van der Waals surface area contributed by atoms with Gasteiger partial charge >= 0.3 is 0 Å². The van der Waals surface area contributed by atoms with Crippen LogP contribution in [0.25, 0.3) is 28.4 Å². The monoisotopic (exact) mass is 1860 g/mol. The molecule has 9 aromatic carbocycles. The van der Waals surface area contributed by atoms with Gasteiger partial charge in [0.1, 0.15) is 37.5 Å². The van der Waals surface area contributed by atoms with E-state index in [9.17, 15) is 38.5 Å². The highest BCUT2D eigenvalue weighted by Crippen LogP contribution is 2.49. The molecule has 10 aliphatic rings. The van der Waals surface area contributed by atoms with E-state index in [1.54, 1.807) is 78.8 Å². The lowest BCUT2D eigenvalue weighted by atomic mass is 9.96. The summed E-state index contributed by atoms with van der Waals surface area (Å²) < 4.78 is 24.2. The van der Waals surface area contributed by atoms with Crippen molar-refractivity contribution in [3.63, 3.8) is 0 Å². The molecule has 10 N–H and O–H groups in total. The lowest BCUT2D eigenvalue weighted by Crippen LogP contribution is -2.15. The summed E-state index contributed by atoms with van der Waals surface area (Å²) in [5, 5.41) is 12.3. The third-order valence-electron chi connectivity index (χ3n) is 27.0. The highest BCUT2D eigenvalue weighted by Gasteiger charge is 2.39. The van der Waals surface area contributed by atoms with Crippen molar-refractivity contribution >= 4 is 75.4 Å². The molecule has 5 fully saturated rings. The van der Waals surface area contributed by atoms with Crippen LogP contribution in [0.5, 0.6) is 0 Å². The highest BCUT2D eigenvalue weighted by atomic mass is 35.5. The van der Waals surface area contributed by atoms with Crippen LogP contribution in [-0.2, 0) is 6.54 Å². The number of hydrogen-bond donors (Lipinski definition) is 5. The van der Waals surface area contributed by atoms with Gasteiger partial charge in [-0.15, -0.1) is 0 Å². The number of primary amides is 5. The number of nitrogens with zero attached hydrogens (tertiary/aromatic N) is 17. The average molecular weight is 1870 g/mol. The molecule has 4 atom stereocenters. The van der Waals surface area contributed by atoms with Crippen LogP contribution in [-0.4, -0.2) is 116 Å². The molecule has 0 saturated heterocycles. The number of imidazole rings is 5. The zero-order valence-electron chi connectivity index (χ0n) is 76.2. The molecule has 29 nitrogen and oxygen atoms in total. The molecule has 0 unspecified atom stereocenters. The predicted molar refractivity (Wildman–Crippen MR) is 527 cm³/mol. The molecule has 5 aliphatic carbocycles. The van der Waals surface area contributed by atoms with Gasteiger partial charge in [-0.05, 0) is 246 Å². The first-order chi connectivity index (χ1) is 67.4. The molecule has 139 heavy (non-hydrogen) atoms. The standard InChI is InChI=1S/C22H19ClN4O.C22H19FN4O.C22H20N4O.C21H17N5O3.C21H19N5O/c2*1-12-21-20(22(24)28)25-11-27(21)18-9-8-14(13-6-7-13)10-16(18)19(26-12)15-4-2-3-5-17(15)23;1-13-21-20(22(23)27)24-12-26(21)18-10-9-16(14-7-8-14)11-17(18)19(25-13)15-5-3-2-4-6-15;22-21(27)20-18-10-23-19(14-3-1-2-4-17(14)26(28)29)15-9-13(12-5-6-12)7-8-16(15)25(18)11-24-20;1-12-20-19(21(22)27)24-11-26(20)17-8-7-14(13-5-6-13)10-15(17)18(25-12)16-4-2-3-9-23-16/h2*2-5,8-13H,6-7H2,1H3,(H2,24,28);2-6,9-14H,7-8H2,1H3,(H2,23,27);1-4,7-9,11-12H,5-6,10H2,(H2,22,27);2-4,7-13H,5-6H2,1H3,(H2,22,27)/t2*12-;13-;;12-/m001.1/s1. The van der Waals surface area contributed by atoms with Gasteiger partial charge in [0.25, 0.3) is 35.2 Å². The van der Waals surface area contributed by atoms with Crippen molar-refractivity contribution in [2.24, 2.45) is 53.6 Å². The van der Waals surface area contributed by atoms with Crippen molar-refractivity contribution in [3.8, 4) is 28.4 Å². The molecule has 692 valence electrons. The summed E-state index contributed by atoms with van der Waals surface area (Å²) in [6.07, 6.45) is 21.9. The summed E-state index contributed by atoms with van der Waals surface area (Å²) in [6.45, 7) is 7.90. The Morgan fingerprint density at radius 3 is 1.06 bits per heavy atom.